The number of anilines is 1. The highest BCUT2D eigenvalue weighted by atomic mass is 79.9. The van der Waals surface area contributed by atoms with Crippen molar-refractivity contribution in [2.45, 2.75) is 26.6 Å². The molecule has 0 atom stereocenters. The molecule has 0 aliphatic carbocycles. The number of nitrogens with zero attached hydrogens (tertiary/aromatic N) is 4. The van der Waals surface area contributed by atoms with E-state index in [9.17, 15) is 4.79 Å². The SMILES string of the molecule is CCn1cc(Cn2cc(NC(=O)c3ccc(COc4ccc(Br)cc4Cl)o3)cn2)cn1. The molecule has 31 heavy (non-hydrogen) atoms. The summed E-state index contributed by atoms with van der Waals surface area (Å²) in [7, 11) is 0. The number of amides is 1. The van der Waals surface area contributed by atoms with Crippen LogP contribution in [-0.2, 0) is 19.7 Å². The quantitative estimate of drug-likeness (QED) is 0.365. The standard InChI is InChI=1S/C21H19BrClN5O3/c1-2-27-10-14(8-24-27)11-28-12-16(9-25-28)26-21(29)20-6-4-17(31-20)13-30-19-5-3-15(22)7-18(19)23/h3-10,12H,2,11,13H2,1H3,(H,26,29). The lowest BCUT2D eigenvalue weighted by Crippen LogP contribution is -2.10. The van der Waals surface area contributed by atoms with Crippen LogP contribution in [0.15, 0.2) is 64.0 Å². The van der Waals surface area contributed by atoms with Crippen molar-refractivity contribution in [2.24, 2.45) is 0 Å². The Kier molecular flexibility index (Phi) is 6.43. The molecule has 0 saturated carbocycles. The third-order valence-electron chi connectivity index (χ3n) is 4.40. The summed E-state index contributed by atoms with van der Waals surface area (Å²) in [6.45, 7) is 3.56. The van der Waals surface area contributed by atoms with Crippen LogP contribution in [0.2, 0.25) is 5.02 Å². The Morgan fingerprint density at radius 1 is 1.19 bits per heavy atom. The van der Waals surface area contributed by atoms with E-state index in [1.54, 1.807) is 47.5 Å². The van der Waals surface area contributed by atoms with Gasteiger partial charge in [0.2, 0.25) is 0 Å². The van der Waals surface area contributed by atoms with Crippen LogP contribution >= 0.6 is 27.5 Å². The van der Waals surface area contributed by atoms with Crippen LogP contribution < -0.4 is 10.1 Å². The van der Waals surface area contributed by atoms with Crippen molar-refractivity contribution < 1.29 is 13.9 Å². The van der Waals surface area contributed by atoms with Crippen molar-refractivity contribution >= 4 is 39.1 Å². The highest BCUT2D eigenvalue weighted by Crippen LogP contribution is 2.28. The van der Waals surface area contributed by atoms with Gasteiger partial charge < -0.3 is 14.5 Å². The molecule has 10 heteroatoms. The minimum atomic E-state index is -0.369. The van der Waals surface area contributed by atoms with E-state index in [0.29, 0.717) is 28.8 Å². The van der Waals surface area contributed by atoms with Gasteiger partial charge in [0.05, 0.1) is 29.6 Å². The zero-order valence-corrected chi connectivity index (χ0v) is 18.9. The second-order valence-corrected chi connectivity index (χ2v) is 8.04. The number of carbonyl (C=O) groups excluding carboxylic acids is 1. The summed E-state index contributed by atoms with van der Waals surface area (Å²) >= 11 is 9.49. The molecule has 160 valence electrons. The fraction of sp³-hybridized carbons (Fsp3) is 0.190. The van der Waals surface area contributed by atoms with Gasteiger partial charge in [-0.05, 0) is 37.3 Å². The summed E-state index contributed by atoms with van der Waals surface area (Å²) in [5, 5.41) is 11.8. The van der Waals surface area contributed by atoms with Crippen molar-refractivity contribution in [1.29, 1.82) is 0 Å². The number of hydrogen-bond donors (Lipinski definition) is 1. The molecule has 3 heterocycles. The van der Waals surface area contributed by atoms with Crippen LogP contribution in [0, 0.1) is 0 Å². The first-order chi connectivity index (χ1) is 15.0. The minimum Gasteiger partial charge on any atom is -0.484 e. The molecule has 1 amide bonds. The molecule has 4 rings (SSSR count). The van der Waals surface area contributed by atoms with Gasteiger partial charge in [-0.1, -0.05) is 27.5 Å². The van der Waals surface area contributed by atoms with Gasteiger partial charge in [0.1, 0.15) is 18.1 Å². The Hall–Kier alpha value is -3.04. The molecule has 0 saturated heterocycles. The molecule has 0 fully saturated rings. The van der Waals surface area contributed by atoms with Gasteiger partial charge in [-0.2, -0.15) is 10.2 Å². The van der Waals surface area contributed by atoms with Crippen molar-refractivity contribution in [3.8, 4) is 5.75 Å². The molecule has 3 aromatic heterocycles. The molecule has 0 spiro atoms. The van der Waals surface area contributed by atoms with Gasteiger partial charge >= 0.3 is 0 Å². The lowest BCUT2D eigenvalue weighted by atomic mass is 10.3. The topological polar surface area (TPSA) is 87.1 Å². The Morgan fingerprint density at radius 3 is 2.81 bits per heavy atom. The number of rotatable bonds is 8. The number of nitrogens with one attached hydrogen (secondary N) is 1. The number of aromatic nitrogens is 4. The van der Waals surface area contributed by atoms with Crippen LogP contribution in [0.5, 0.6) is 5.75 Å². The van der Waals surface area contributed by atoms with Crippen LogP contribution in [0.1, 0.15) is 28.8 Å². The third kappa shape index (κ3) is 5.36. The Balaban J connectivity index is 1.33. The van der Waals surface area contributed by atoms with Crippen molar-refractivity contribution in [3.63, 3.8) is 0 Å². The molecule has 0 aliphatic rings. The summed E-state index contributed by atoms with van der Waals surface area (Å²) in [6, 6.07) is 8.62. The van der Waals surface area contributed by atoms with E-state index in [1.807, 2.05) is 23.9 Å². The molecule has 0 unspecified atom stereocenters. The number of benzene rings is 1. The minimum absolute atomic E-state index is 0.151. The van der Waals surface area contributed by atoms with Crippen molar-refractivity contribution in [1.82, 2.24) is 19.6 Å². The first-order valence-electron chi connectivity index (χ1n) is 9.52. The largest absolute Gasteiger partial charge is 0.484 e. The maximum Gasteiger partial charge on any atom is 0.291 e. The van der Waals surface area contributed by atoms with Gasteiger partial charge in [-0.3, -0.25) is 14.2 Å². The molecule has 4 aromatic rings. The van der Waals surface area contributed by atoms with E-state index in [0.717, 1.165) is 16.6 Å². The van der Waals surface area contributed by atoms with E-state index >= 15 is 0 Å². The molecule has 0 bridgehead atoms. The second-order valence-electron chi connectivity index (χ2n) is 6.71. The number of carbonyl (C=O) groups is 1. The smallest absolute Gasteiger partial charge is 0.291 e. The number of ether oxygens (including phenoxy) is 1. The fourth-order valence-electron chi connectivity index (χ4n) is 2.87. The Bertz CT molecular complexity index is 1200. The van der Waals surface area contributed by atoms with Crippen LogP contribution in [0.3, 0.4) is 0 Å². The Labute approximate surface area is 191 Å². The lowest BCUT2D eigenvalue weighted by molar-refractivity contribution is 0.0992. The van der Waals surface area contributed by atoms with Crippen LogP contribution in [0.25, 0.3) is 0 Å². The number of halogens is 2. The number of hydrogen-bond acceptors (Lipinski definition) is 5. The molecule has 8 nitrogen and oxygen atoms in total. The molecule has 0 radical (unpaired) electrons. The fourth-order valence-corrected chi connectivity index (χ4v) is 3.60. The monoisotopic (exact) mass is 503 g/mol. The average Bonchev–Trinajstić information content (AvgIpc) is 3.49. The highest BCUT2D eigenvalue weighted by Gasteiger charge is 2.14. The summed E-state index contributed by atoms with van der Waals surface area (Å²) in [5.41, 5.74) is 1.60. The van der Waals surface area contributed by atoms with Crippen LogP contribution in [-0.4, -0.2) is 25.5 Å². The number of aryl methyl sites for hydroxylation is 1. The lowest BCUT2D eigenvalue weighted by Gasteiger charge is -2.06. The summed E-state index contributed by atoms with van der Waals surface area (Å²) in [6.07, 6.45) is 7.11. The highest BCUT2D eigenvalue weighted by molar-refractivity contribution is 9.10. The summed E-state index contributed by atoms with van der Waals surface area (Å²) in [4.78, 5) is 12.5. The van der Waals surface area contributed by atoms with E-state index < -0.39 is 0 Å². The van der Waals surface area contributed by atoms with E-state index in [2.05, 4.69) is 31.4 Å². The van der Waals surface area contributed by atoms with Crippen molar-refractivity contribution in [2.75, 3.05) is 5.32 Å². The maximum atomic E-state index is 12.5. The molecule has 0 aliphatic heterocycles. The zero-order chi connectivity index (χ0) is 21.8. The first-order valence-corrected chi connectivity index (χ1v) is 10.7. The normalized spacial score (nSPS) is 10.9. The van der Waals surface area contributed by atoms with E-state index in [4.69, 9.17) is 20.8 Å². The molecule has 1 aromatic carbocycles. The first kappa shape index (κ1) is 21.2. The summed E-state index contributed by atoms with van der Waals surface area (Å²) < 4.78 is 15.7. The van der Waals surface area contributed by atoms with Crippen LogP contribution in [0.4, 0.5) is 5.69 Å². The van der Waals surface area contributed by atoms with Gasteiger partial charge in [0, 0.05) is 29.0 Å². The third-order valence-corrected chi connectivity index (χ3v) is 5.18. The van der Waals surface area contributed by atoms with Gasteiger partial charge in [0.25, 0.3) is 5.91 Å². The average molecular weight is 505 g/mol. The van der Waals surface area contributed by atoms with Gasteiger partial charge in [-0.25, -0.2) is 0 Å². The molecular weight excluding hydrogens is 486 g/mol. The Morgan fingerprint density at radius 2 is 2.03 bits per heavy atom. The predicted octanol–water partition coefficient (Wildman–Crippen LogP) is 4.99. The summed E-state index contributed by atoms with van der Waals surface area (Å²) in [5.74, 6) is 0.848. The van der Waals surface area contributed by atoms with Gasteiger partial charge in [0.15, 0.2) is 5.76 Å². The second kappa shape index (κ2) is 9.40. The van der Waals surface area contributed by atoms with Gasteiger partial charge in [-0.15, -0.1) is 0 Å². The predicted molar refractivity (Wildman–Crippen MR) is 119 cm³/mol. The zero-order valence-electron chi connectivity index (χ0n) is 16.6. The number of furan rings is 1. The van der Waals surface area contributed by atoms with E-state index in [-0.39, 0.29) is 18.3 Å². The maximum absolute atomic E-state index is 12.5. The van der Waals surface area contributed by atoms with E-state index in [1.165, 1.54) is 0 Å². The van der Waals surface area contributed by atoms with Crippen molar-refractivity contribution in [3.05, 3.63) is 81.7 Å². The molecule has 1 N–H and O–H groups in total. The molecular formula is C21H19BrClN5O3.